The molecule has 0 fully saturated rings. The lowest BCUT2D eigenvalue weighted by Crippen LogP contribution is -2.75. The number of halogens is 18. The fraction of sp³-hybridized carbons (Fsp3) is 0.750. The number of hydrogen-bond donors (Lipinski definition) is 0. The zero-order chi connectivity index (χ0) is 26.6. The van der Waals surface area contributed by atoms with Crippen molar-refractivity contribution in [2.45, 2.75) is 47.6 Å². The highest BCUT2D eigenvalue weighted by atomic mass is 19.4. The third-order valence-electron chi connectivity index (χ3n) is 3.41. The smallest absolute Gasteiger partial charge is 0.391 e. The van der Waals surface area contributed by atoms with Gasteiger partial charge >= 0.3 is 53.5 Å². The second kappa shape index (κ2) is 7.77. The summed E-state index contributed by atoms with van der Waals surface area (Å²) >= 11 is 0. The summed E-state index contributed by atoms with van der Waals surface area (Å²) in [5, 5.41) is 0. The molecule has 2 nitrogen and oxygen atoms in total. The minimum atomic E-state index is -8.77. The van der Waals surface area contributed by atoms with Gasteiger partial charge in [-0.3, -0.25) is 0 Å². The van der Waals surface area contributed by atoms with Gasteiger partial charge in [0.1, 0.15) is 0 Å². The van der Waals surface area contributed by atoms with Crippen LogP contribution in [0.3, 0.4) is 0 Å². The summed E-state index contributed by atoms with van der Waals surface area (Å²) in [6, 6.07) is 0. The lowest BCUT2D eigenvalue weighted by Gasteiger charge is -2.42. The molecule has 0 rings (SSSR count). The Hall–Kier alpha value is -2.05. The third-order valence-corrected chi connectivity index (χ3v) is 3.41. The van der Waals surface area contributed by atoms with E-state index in [4.69, 9.17) is 0 Å². The Kier molecular flexibility index (Phi) is 7.27. The first-order chi connectivity index (χ1) is 13.6. The fourth-order valence-corrected chi connectivity index (χ4v) is 1.52. The molecule has 0 bridgehead atoms. The maximum atomic E-state index is 13.3. The first-order valence-electron chi connectivity index (χ1n) is 6.80. The van der Waals surface area contributed by atoms with Crippen LogP contribution in [-0.2, 0) is 9.53 Å². The van der Waals surface area contributed by atoms with E-state index in [1.807, 2.05) is 4.74 Å². The van der Waals surface area contributed by atoms with E-state index in [0.29, 0.717) is 0 Å². The van der Waals surface area contributed by atoms with Gasteiger partial charge < -0.3 is 4.74 Å². The van der Waals surface area contributed by atoms with Gasteiger partial charge in [0.25, 0.3) is 0 Å². The van der Waals surface area contributed by atoms with Crippen molar-refractivity contribution in [3.63, 3.8) is 0 Å². The first-order valence-corrected chi connectivity index (χ1v) is 6.80. The van der Waals surface area contributed by atoms with Crippen molar-refractivity contribution in [1.82, 2.24) is 0 Å². The van der Waals surface area contributed by atoms with Crippen molar-refractivity contribution in [2.24, 2.45) is 0 Å². The third kappa shape index (κ3) is 3.81. The minimum Gasteiger partial charge on any atom is -0.391 e. The molecule has 0 aromatic heterocycles. The molecule has 0 aliphatic rings. The molecule has 20 heteroatoms. The lowest BCUT2D eigenvalue weighted by molar-refractivity contribution is -0.468. The maximum absolute atomic E-state index is 13.3. The van der Waals surface area contributed by atoms with E-state index in [9.17, 15) is 83.8 Å². The predicted octanol–water partition coefficient (Wildman–Crippen LogP) is 6.02. The molecule has 0 aliphatic carbocycles. The summed E-state index contributed by atoms with van der Waals surface area (Å²) in [4.78, 5) is 10.4. The van der Waals surface area contributed by atoms with Gasteiger partial charge in [-0.15, -0.1) is 0 Å². The van der Waals surface area contributed by atoms with E-state index in [1.54, 1.807) is 6.58 Å². The number of hydrogen-bond acceptors (Lipinski definition) is 2. The molecule has 190 valence electrons. The number of alkyl halides is 17. The summed E-state index contributed by atoms with van der Waals surface area (Å²) < 4.78 is 236. The highest BCUT2D eigenvalue weighted by Gasteiger charge is 2.95. The zero-order valence-electron chi connectivity index (χ0n) is 14.0. The summed E-state index contributed by atoms with van der Waals surface area (Å²) in [6.45, 7) is -2.19. The standard InChI is InChI=1S/C12H4F18O2/c1-3(14)4(31)32-12(29,30)11(27,28)10(25,26)9(23,24)8(21,22)7(19,20)6(17,18)5(15,16)2-13/h1-2H2. The SMILES string of the molecule is C=C(F)C(=O)OC(F)(F)C(F)(F)C(F)(F)C(F)(F)C(F)(F)C(F)(F)C(F)(F)C(F)(F)CF. The molecule has 0 N–H and O–H groups in total. The van der Waals surface area contributed by atoms with Crippen molar-refractivity contribution in [1.29, 1.82) is 0 Å². The monoisotopic (exact) mass is 522 g/mol. The second-order valence-electron chi connectivity index (χ2n) is 5.60. The average molecular weight is 522 g/mol. The van der Waals surface area contributed by atoms with Gasteiger partial charge in [-0.2, -0.15) is 74.6 Å². The van der Waals surface area contributed by atoms with Crippen molar-refractivity contribution < 1.29 is 88.6 Å². The van der Waals surface area contributed by atoms with E-state index < -0.39 is 66.0 Å². The second-order valence-corrected chi connectivity index (χ2v) is 5.60. The Bertz CT molecular complexity index is 738. The highest BCUT2D eigenvalue weighted by molar-refractivity contribution is 5.85. The van der Waals surface area contributed by atoms with E-state index in [2.05, 4.69) is 0 Å². The Morgan fingerprint density at radius 2 is 0.875 bits per heavy atom. The quantitative estimate of drug-likeness (QED) is 0.199. The van der Waals surface area contributed by atoms with Crippen LogP contribution >= 0.6 is 0 Å². The summed E-state index contributed by atoms with van der Waals surface area (Å²) in [6.07, 6.45) is -7.44. The highest BCUT2D eigenvalue weighted by Crippen LogP contribution is 2.63. The normalized spacial score (nSPS) is 15.6. The van der Waals surface area contributed by atoms with Crippen LogP contribution in [-0.4, -0.2) is 60.2 Å². The van der Waals surface area contributed by atoms with E-state index in [1.165, 1.54) is 0 Å². The molecular weight excluding hydrogens is 518 g/mol. The number of carbonyl (C=O) groups excluding carboxylic acids is 1. The van der Waals surface area contributed by atoms with Crippen molar-refractivity contribution in [3.05, 3.63) is 12.4 Å². The topological polar surface area (TPSA) is 26.3 Å². The van der Waals surface area contributed by atoms with Crippen LogP contribution in [0.2, 0.25) is 0 Å². The molecule has 0 aromatic rings. The Balaban J connectivity index is 6.73. The van der Waals surface area contributed by atoms with Crippen molar-refractivity contribution >= 4 is 5.97 Å². The predicted molar refractivity (Wildman–Crippen MR) is 61.9 cm³/mol. The van der Waals surface area contributed by atoms with Crippen LogP contribution in [0.25, 0.3) is 0 Å². The zero-order valence-corrected chi connectivity index (χ0v) is 14.0. The maximum Gasteiger partial charge on any atom is 0.473 e. The van der Waals surface area contributed by atoms with Crippen molar-refractivity contribution in [3.8, 4) is 0 Å². The molecule has 0 heterocycles. The molecule has 0 unspecified atom stereocenters. The van der Waals surface area contributed by atoms with Crippen LogP contribution in [0.4, 0.5) is 79.0 Å². The molecule has 0 radical (unpaired) electrons. The summed E-state index contributed by atoms with van der Waals surface area (Å²) in [5.41, 5.74) is 0. The van der Waals surface area contributed by atoms with Gasteiger partial charge in [0.2, 0.25) is 5.83 Å². The van der Waals surface area contributed by atoms with Crippen LogP contribution in [0.15, 0.2) is 12.4 Å². The number of rotatable bonds is 10. The van der Waals surface area contributed by atoms with Crippen LogP contribution in [0.5, 0.6) is 0 Å². The van der Waals surface area contributed by atoms with Crippen LogP contribution < -0.4 is 0 Å². The summed E-state index contributed by atoms with van der Waals surface area (Å²) in [5.74, 6) is -64.0. The Morgan fingerprint density at radius 3 is 1.16 bits per heavy atom. The van der Waals surface area contributed by atoms with Crippen molar-refractivity contribution in [2.75, 3.05) is 6.67 Å². The molecule has 0 aliphatic heterocycles. The number of esters is 1. The molecule has 0 saturated heterocycles. The fourth-order valence-electron chi connectivity index (χ4n) is 1.52. The van der Waals surface area contributed by atoms with Gasteiger partial charge in [-0.25, -0.2) is 9.18 Å². The molecule has 32 heavy (non-hydrogen) atoms. The molecule has 0 spiro atoms. The number of carbonyl (C=O) groups is 1. The van der Waals surface area contributed by atoms with Gasteiger partial charge in [-0.05, 0) is 0 Å². The van der Waals surface area contributed by atoms with E-state index in [0.717, 1.165) is 0 Å². The van der Waals surface area contributed by atoms with Gasteiger partial charge in [-0.1, -0.05) is 6.58 Å². The molecule has 0 amide bonds. The minimum absolute atomic E-state index is 1.80. The van der Waals surface area contributed by atoms with Gasteiger partial charge in [0, 0.05) is 0 Å². The first kappa shape index (κ1) is 29.9. The average Bonchev–Trinajstić information content (AvgIpc) is 2.59. The summed E-state index contributed by atoms with van der Waals surface area (Å²) in [7, 11) is 0. The lowest BCUT2D eigenvalue weighted by atomic mass is 9.89. The van der Waals surface area contributed by atoms with Gasteiger partial charge in [0.15, 0.2) is 6.67 Å². The Morgan fingerprint density at radius 1 is 0.594 bits per heavy atom. The van der Waals surface area contributed by atoms with E-state index in [-0.39, 0.29) is 0 Å². The molecule has 0 atom stereocenters. The van der Waals surface area contributed by atoms with Crippen LogP contribution in [0.1, 0.15) is 0 Å². The van der Waals surface area contributed by atoms with Crippen LogP contribution in [0, 0.1) is 0 Å². The molecular formula is C12H4F18O2. The van der Waals surface area contributed by atoms with Gasteiger partial charge in [0.05, 0.1) is 0 Å². The molecule has 0 aromatic carbocycles. The van der Waals surface area contributed by atoms with E-state index >= 15 is 0 Å². The Labute approximate surface area is 162 Å². The molecule has 0 saturated carbocycles. The largest absolute Gasteiger partial charge is 0.473 e. The number of ether oxygens (including phenoxy) is 1.